The van der Waals surface area contributed by atoms with E-state index in [1.807, 2.05) is 20.8 Å². The molecule has 0 bridgehead atoms. The minimum Gasteiger partial charge on any atom is -0.352 e. The van der Waals surface area contributed by atoms with Gasteiger partial charge in [0.15, 0.2) is 11.6 Å². The van der Waals surface area contributed by atoms with Crippen molar-refractivity contribution in [2.75, 3.05) is 17.1 Å². The highest BCUT2D eigenvalue weighted by molar-refractivity contribution is 7.92. The molecule has 1 N–H and O–H groups in total. The maximum atomic E-state index is 13.7. The first kappa shape index (κ1) is 30.5. The van der Waals surface area contributed by atoms with Crippen LogP contribution in [0.2, 0.25) is 5.02 Å². The normalized spacial score (nSPS) is 13.1. The molecule has 0 radical (unpaired) electrons. The zero-order valence-electron chi connectivity index (χ0n) is 21.5. The number of carbonyl (C=O) groups excluding carboxylic acids is 2. The molecule has 0 heterocycles. The lowest BCUT2D eigenvalue weighted by Gasteiger charge is -2.32. The van der Waals surface area contributed by atoms with Gasteiger partial charge in [-0.2, -0.15) is 0 Å². The summed E-state index contributed by atoms with van der Waals surface area (Å²) in [6.07, 6.45) is 2.11. The lowest BCUT2D eigenvalue weighted by molar-refractivity contribution is -0.141. The Morgan fingerprint density at radius 3 is 2.22 bits per heavy atom. The summed E-state index contributed by atoms with van der Waals surface area (Å²) in [6, 6.07) is 8.98. The number of anilines is 1. The van der Waals surface area contributed by atoms with Gasteiger partial charge in [-0.1, -0.05) is 37.6 Å². The van der Waals surface area contributed by atoms with Crippen molar-refractivity contribution in [3.63, 3.8) is 0 Å². The van der Waals surface area contributed by atoms with Crippen LogP contribution in [0.5, 0.6) is 0 Å². The molecular formula is C26H34ClF2N3O4S. The topological polar surface area (TPSA) is 86.8 Å². The summed E-state index contributed by atoms with van der Waals surface area (Å²) < 4.78 is 52.7. The minimum atomic E-state index is -3.83. The van der Waals surface area contributed by atoms with E-state index in [-0.39, 0.29) is 49.5 Å². The van der Waals surface area contributed by atoms with Gasteiger partial charge in [0.25, 0.3) is 0 Å². The van der Waals surface area contributed by atoms with E-state index in [1.54, 1.807) is 24.3 Å². The van der Waals surface area contributed by atoms with Crippen molar-refractivity contribution in [3.05, 3.63) is 64.7 Å². The molecule has 11 heteroatoms. The van der Waals surface area contributed by atoms with Crippen LogP contribution in [0.15, 0.2) is 42.5 Å². The van der Waals surface area contributed by atoms with E-state index < -0.39 is 27.7 Å². The van der Waals surface area contributed by atoms with Gasteiger partial charge in [-0.25, -0.2) is 17.2 Å². The van der Waals surface area contributed by atoms with Gasteiger partial charge in [-0.05, 0) is 56.0 Å². The third-order valence-corrected chi connectivity index (χ3v) is 7.44. The Bertz CT molecular complexity index is 1180. The predicted octanol–water partition coefficient (Wildman–Crippen LogP) is 4.89. The van der Waals surface area contributed by atoms with Gasteiger partial charge >= 0.3 is 0 Å². The van der Waals surface area contributed by atoms with Crippen molar-refractivity contribution in [2.45, 2.75) is 65.1 Å². The second kappa shape index (κ2) is 13.7. The number of nitrogens with one attached hydrogen (secondary N) is 1. The Hall–Kier alpha value is -2.72. The number of nitrogens with zero attached hydrogens (tertiary/aromatic N) is 2. The van der Waals surface area contributed by atoms with Gasteiger partial charge in [0.2, 0.25) is 21.8 Å². The molecule has 2 atom stereocenters. The van der Waals surface area contributed by atoms with Gasteiger partial charge < -0.3 is 10.2 Å². The molecule has 0 spiro atoms. The Labute approximate surface area is 222 Å². The van der Waals surface area contributed by atoms with Crippen LogP contribution < -0.4 is 9.62 Å². The highest BCUT2D eigenvalue weighted by Crippen LogP contribution is 2.22. The summed E-state index contributed by atoms with van der Waals surface area (Å²) in [6.45, 7) is 5.69. The molecule has 7 nitrogen and oxygen atoms in total. The van der Waals surface area contributed by atoms with Crippen molar-refractivity contribution < 1.29 is 26.8 Å². The number of carbonyl (C=O) groups is 2. The fraction of sp³-hybridized carbons (Fsp3) is 0.462. The first-order valence-electron chi connectivity index (χ1n) is 12.1. The van der Waals surface area contributed by atoms with Crippen LogP contribution in [0, 0.1) is 11.6 Å². The molecule has 2 aromatic rings. The van der Waals surface area contributed by atoms with Crippen molar-refractivity contribution in [3.8, 4) is 0 Å². The van der Waals surface area contributed by atoms with Gasteiger partial charge in [-0.3, -0.25) is 13.9 Å². The third kappa shape index (κ3) is 8.96. The average molecular weight is 558 g/mol. The van der Waals surface area contributed by atoms with E-state index >= 15 is 0 Å². The van der Waals surface area contributed by atoms with Crippen molar-refractivity contribution in [2.24, 2.45) is 0 Å². The van der Waals surface area contributed by atoms with E-state index in [4.69, 9.17) is 11.6 Å². The molecule has 0 saturated carbocycles. The SMILES string of the molecule is CC[C@H](C(=O)N[C@@H](C)CC)N(Cc1ccc(Cl)cc1)C(=O)CCCN(c1ccc(F)c(F)c1)S(C)(=O)=O. The van der Waals surface area contributed by atoms with E-state index in [0.29, 0.717) is 11.4 Å². The average Bonchev–Trinajstić information content (AvgIpc) is 2.83. The molecule has 2 aromatic carbocycles. The number of hydrogen-bond donors (Lipinski definition) is 1. The highest BCUT2D eigenvalue weighted by Gasteiger charge is 2.29. The van der Waals surface area contributed by atoms with Crippen LogP contribution in [0.25, 0.3) is 0 Å². The van der Waals surface area contributed by atoms with Crippen molar-refractivity contribution in [1.82, 2.24) is 10.2 Å². The summed E-state index contributed by atoms with van der Waals surface area (Å²) in [4.78, 5) is 27.9. The van der Waals surface area contributed by atoms with Gasteiger partial charge in [0.1, 0.15) is 6.04 Å². The Balaban J connectivity index is 2.23. The number of rotatable bonds is 13. The van der Waals surface area contributed by atoms with Crippen LogP contribution in [-0.4, -0.2) is 50.0 Å². The number of sulfonamides is 1. The molecule has 0 fully saturated rings. The predicted molar refractivity (Wildman–Crippen MR) is 142 cm³/mol. The standard InChI is InChI=1S/C26H34ClF2N3O4S/c1-5-18(3)30-26(34)24(6-2)31(17-19-9-11-20(27)12-10-19)25(33)8-7-15-32(37(4,35)36)21-13-14-22(28)23(29)16-21/h9-14,16,18,24H,5-8,15,17H2,1-4H3,(H,30,34)/t18-,24+/m0/s1. The fourth-order valence-electron chi connectivity index (χ4n) is 3.79. The second-order valence-electron chi connectivity index (χ2n) is 8.93. The van der Waals surface area contributed by atoms with Gasteiger partial charge in [0, 0.05) is 36.6 Å². The molecule has 0 unspecified atom stereocenters. The minimum absolute atomic E-state index is 0.0359. The monoisotopic (exact) mass is 557 g/mol. The highest BCUT2D eigenvalue weighted by atomic mass is 35.5. The molecule has 204 valence electrons. The lowest BCUT2D eigenvalue weighted by atomic mass is 10.1. The summed E-state index contributed by atoms with van der Waals surface area (Å²) in [5, 5.41) is 3.47. The van der Waals surface area contributed by atoms with E-state index in [0.717, 1.165) is 34.7 Å². The molecule has 0 aliphatic rings. The Morgan fingerprint density at radius 2 is 1.68 bits per heavy atom. The molecule has 0 aliphatic heterocycles. The maximum absolute atomic E-state index is 13.7. The van der Waals surface area contributed by atoms with Gasteiger partial charge in [0.05, 0.1) is 11.9 Å². The first-order valence-corrected chi connectivity index (χ1v) is 14.4. The lowest BCUT2D eigenvalue weighted by Crippen LogP contribution is -2.50. The zero-order valence-corrected chi connectivity index (χ0v) is 23.1. The van der Waals surface area contributed by atoms with Crippen LogP contribution in [0.4, 0.5) is 14.5 Å². The molecule has 0 aliphatic carbocycles. The molecule has 2 amide bonds. The van der Waals surface area contributed by atoms with Crippen molar-refractivity contribution >= 4 is 39.1 Å². The Morgan fingerprint density at radius 1 is 1.03 bits per heavy atom. The number of amides is 2. The molecule has 0 aromatic heterocycles. The third-order valence-electron chi connectivity index (χ3n) is 6.00. The number of benzene rings is 2. The van der Waals surface area contributed by atoms with Crippen LogP contribution >= 0.6 is 11.6 Å². The van der Waals surface area contributed by atoms with Gasteiger partial charge in [-0.15, -0.1) is 0 Å². The largest absolute Gasteiger partial charge is 0.352 e. The summed E-state index contributed by atoms with van der Waals surface area (Å²) in [5.74, 6) is -2.86. The molecule has 37 heavy (non-hydrogen) atoms. The van der Waals surface area contributed by atoms with E-state index in [2.05, 4.69) is 5.32 Å². The van der Waals surface area contributed by atoms with Crippen molar-refractivity contribution in [1.29, 1.82) is 0 Å². The maximum Gasteiger partial charge on any atom is 0.243 e. The molecule has 2 rings (SSSR count). The number of hydrogen-bond acceptors (Lipinski definition) is 4. The van der Waals surface area contributed by atoms with E-state index in [1.165, 1.54) is 11.0 Å². The summed E-state index contributed by atoms with van der Waals surface area (Å²) >= 11 is 5.99. The second-order valence-corrected chi connectivity index (χ2v) is 11.3. The molecular weight excluding hydrogens is 524 g/mol. The fourth-order valence-corrected chi connectivity index (χ4v) is 4.87. The smallest absolute Gasteiger partial charge is 0.243 e. The quantitative estimate of drug-likeness (QED) is 0.380. The zero-order chi connectivity index (χ0) is 27.8. The van der Waals surface area contributed by atoms with E-state index in [9.17, 15) is 26.8 Å². The summed E-state index contributed by atoms with van der Waals surface area (Å²) in [5.41, 5.74) is 0.748. The van der Waals surface area contributed by atoms with Crippen LogP contribution in [0.1, 0.15) is 52.0 Å². The first-order chi connectivity index (χ1) is 17.4. The molecule has 0 saturated heterocycles. The van der Waals surface area contributed by atoms with Crippen LogP contribution in [0.3, 0.4) is 0 Å². The number of halogens is 3. The summed E-state index contributed by atoms with van der Waals surface area (Å²) in [7, 11) is -3.83. The Kier molecular flexibility index (Phi) is 11.3. The van der Waals surface area contributed by atoms with Crippen LogP contribution in [-0.2, 0) is 26.2 Å².